The second-order valence-electron chi connectivity index (χ2n) is 4.91. The van der Waals surface area contributed by atoms with Crippen LogP contribution >= 0.6 is 22.9 Å². The summed E-state index contributed by atoms with van der Waals surface area (Å²) >= 11 is 8.01. The molecular formula is C16H15ClN2S. The minimum atomic E-state index is 0.536. The van der Waals surface area contributed by atoms with Gasteiger partial charge < -0.3 is 0 Å². The van der Waals surface area contributed by atoms with Gasteiger partial charge in [0.1, 0.15) is 5.15 Å². The van der Waals surface area contributed by atoms with E-state index in [1.54, 1.807) is 11.3 Å². The molecule has 0 unspecified atom stereocenters. The van der Waals surface area contributed by atoms with Crippen molar-refractivity contribution in [3.05, 3.63) is 45.2 Å². The van der Waals surface area contributed by atoms with E-state index in [4.69, 9.17) is 11.6 Å². The highest BCUT2D eigenvalue weighted by molar-refractivity contribution is 7.08. The molecule has 0 bridgehead atoms. The molecule has 1 aromatic carbocycles. The summed E-state index contributed by atoms with van der Waals surface area (Å²) < 4.78 is 0. The molecule has 0 radical (unpaired) electrons. The standard InChI is InChI=1S/C16H15ClN2S/c1-3-4-11-5-6-14-12(7-11)15(17)19-16(18-14)13-9-20-8-10(13)2/h5-9H,3-4H2,1-2H3. The Balaban J connectivity index is 2.15. The number of fused-ring (bicyclic) bond motifs is 1. The van der Waals surface area contributed by atoms with Gasteiger partial charge in [0.05, 0.1) is 5.52 Å². The Bertz CT molecular complexity index is 764. The first-order chi connectivity index (χ1) is 9.69. The van der Waals surface area contributed by atoms with E-state index in [9.17, 15) is 0 Å². The molecule has 2 aromatic heterocycles. The van der Waals surface area contributed by atoms with Crippen molar-refractivity contribution in [3.8, 4) is 11.4 Å². The van der Waals surface area contributed by atoms with Crippen molar-refractivity contribution in [3.63, 3.8) is 0 Å². The summed E-state index contributed by atoms with van der Waals surface area (Å²) in [5.74, 6) is 0.712. The van der Waals surface area contributed by atoms with E-state index in [-0.39, 0.29) is 0 Å². The van der Waals surface area contributed by atoms with Crippen LogP contribution in [-0.2, 0) is 6.42 Å². The van der Waals surface area contributed by atoms with Crippen LogP contribution in [0.15, 0.2) is 29.0 Å². The predicted molar refractivity (Wildman–Crippen MR) is 86.6 cm³/mol. The summed E-state index contributed by atoms with van der Waals surface area (Å²) in [6, 6.07) is 6.27. The van der Waals surface area contributed by atoms with Crippen LogP contribution in [0.2, 0.25) is 5.15 Å². The van der Waals surface area contributed by atoms with E-state index in [0.29, 0.717) is 11.0 Å². The Hall–Kier alpha value is -1.45. The quantitative estimate of drug-likeness (QED) is 0.616. The second-order valence-corrected chi connectivity index (χ2v) is 6.01. The summed E-state index contributed by atoms with van der Waals surface area (Å²) in [5.41, 5.74) is 4.44. The third kappa shape index (κ3) is 2.43. The zero-order chi connectivity index (χ0) is 14.1. The molecule has 2 nitrogen and oxygen atoms in total. The minimum Gasteiger partial charge on any atom is -0.228 e. The first kappa shape index (κ1) is 13.5. The summed E-state index contributed by atoms with van der Waals surface area (Å²) in [5, 5.41) is 5.64. The van der Waals surface area contributed by atoms with Gasteiger partial charge in [0.2, 0.25) is 0 Å². The van der Waals surface area contributed by atoms with Gasteiger partial charge in [-0.1, -0.05) is 31.0 Å². The molecule has 4 heteroatoms. The molecule has 0 N–H and O–H groups in total. The fourth-order valence-corrected chi connectivity index (χ4v) is 3.35. The number of benzene rings is 1. The van der Waals surface area contributed by atoms with Gasteiger partial charge in [0, 0.05) is 16.3 Å². The molecule has 2 heterocycles. The lowest BCUT2D eigenvalue weighted by atomic mass is 10.1. The Morgan fingerprint density at radius 1 is 1.20 bits per heavy atom. The fourth-order valence-electron chi connectivity index (χ4n) is 2.29. The molecule has 20 heavy (non-hydrogen) atoms. The van der Waals surface area contributed by atoms with E-state index in [2.05, 4.69) is 46.7 Å². The molecule has 0 fully saturated rings. The van der Waals surface area contributed by atoms with Crippen LogP contribution in [0, 0.1) is 6.92 Å². The Morgan fingerprint density at radius 3 is 2.75 bits per heavy atom. The summed E-state index contributed by atoms with van der Waals surface area (Å²) in [6.07, 6.45) is 2.17. The van der Waals surface area contributed by atoms with E-state index in [1.165, 1.54) is 11.1 Å². The van der Waals surface area contributed by atoms with E-state index in [1.807, 2.05) is 6.07 Å². The maximum atomic E-state index is 6.36. The van der Waals surface area contributed by atoms with Crippen LogP contribution in [0.5, 0.6) is 0 Å². The molecular weight excluding hydrogens is 288 g/mol. The van der Waals surface area contributed by atoms with Crippen molar-refractivity contribution in [2.75, 3.05) is 0 Å². The minimum absolute atomic E-state index is 0.536. The monoisotopic (exact) mass is 302 g/mol. The van der Waals surface area contributed by atoms with Crippen LogP contribution in [-0.4, -0.2) is 9.97 Å². The predicted octanol–water partition coefficient (Wildman–Crippen LogP) is 5.27. The number of hydrogen-bond donors (Lipinski definition) is 0. The molecule has 3 rings (SSSR count). The highest BCUT2D eigenvalue weighted by Crippen LogP contribution is 2.29. The lowest BCUT2D eigenvalue weighted by Crippen LogP contribution is -1.93. The number of thiophene rings is 1. The van der Waals surface area contributed by atoms with Crippen molar-refractivity contribution in [2.24, 2.45) is 0 Å². The third-order valence-electron chi connectivity index (χ3n) is 3.35. The Labute approximate surface area is 127 Å². The summed E-state index contributed by atoms with van der Waals surface area (Å²) in [6.45, 7) is 4.24. The van der Waals surface area contributed by atoms with Gasteiger partial charge in [0.25, 0.3) is 0 Å². The summed E-state index contributed by atoms with van der Waals surface area (Å²) in [4.78, 5) is 9.12. The normalized spacial score (nSPS) is 11.2. The highest BCUT2D eigenvalue weighted by Gasteiger charge is 2.11. The van der Waals surface area contributed by atoms with Crippen molar-refractivity contribution < 1.29 is 0 Å². The van der Waals surface area contributed by atoms with Crippen molar-refractivity contribution in [2.45, 2.75) is 26.7 Å². The lowest BCUT2D eigenvalue weighted by Gasteiger charge is -2.06. The van der Waals surface area contributed by atoms with Crippen molar-refractivity contribution in [1.29, 1.82) is 0 Å². The highest BCUT2D eigenvalue weighted by atomic mass is 35.5. The van der Waals surface area contributed by atoms with Crippen LogP contribution < -0.4 is 0 Å². The van der Waals surface area contributed by atoms with Crippen LogP contribution in [0.25, 0.3) is 22.3 Å². The van der Waals surface area contributed by atoms with Gasteiger partial charge in [0.15, 0.2) is 5.82 Å². The molecule has 0 aliphatic carbocycles. The molecule has 0 spiro atoms. The van der Waals surface area contributed by atoms with Crippen LogP contribution in [0.3, 0.4) is 0 Å². The number of aryl methyl sites for hydroxylation is 2. The topological polar surface area (TPSA) is 25.8 Å². The molecule has 0 aliphatic rings. The van der Waals surface area contributed by atoms with Gasteiger partial charge in [-0.3, -0.25) is 0 Å². The third-order valence-corrected chi connectivity index (χ3v) is 4.50. The zero-order valence-electron chi connectivity index (χ0n) is 11.5. The van der Waals surface area contributed by atoms with Gasteiger partial charge in [-0.25, -0.2) is 9.97 Å². The maximum absolute atomic E-state index is 6.36. The maximum Gasteiger partial charge on any atom is 0.162 e. The molecule has 3 aromatic rings. The molecule has 0 saturated heterocycles. The van der Waals surface area contributed by atoms with Gasteiger partial charge >= 0.3 is 0 Å². The first-order valence-corrected chi connectivity index (χ1v) is 8.00. The van der Waals surface area contributed by atoms with Crippen molar-refractivity contribution in [1.82, 2.24) is 9.97 Å². The molecule has 102 valence electrons. The van der Waals surface area contributed by atoms with Gasteiger partial charge in [-0.05, 0) is 42.0 Å². The largest absolute Gasteiger partial charge is 0.228 e. The Kier molecular flexibility index (Phi) is 3.72. The van der Waals surface area contributed by atoms with E-state index >= 15 is 0 Å². The van der Waals surface area contributed by atoms with E-state index in [0.717, 1.165) is 29.3 Å². The second kappa shape index (κ2) is 5.51. The average Bonchev–Trinajstić information content (AvgIpc) is 2.86. The Morgan fingerprint density at radius 2 is 2.05 bits per heavy atom. The van der Waals surface area contributed by atoms with Gasteiger partial charge in [-0.15, -0.1) is 0 Å². The smallest absolute Gasteiger partial charge is 0.162 e. The SMILES string of the molecule is CCCc1ccc2nc(-c3cscc3C)nc(Cl)c2c1. The average molecular weight is 303 g/mol. The molecule has 0 atom stereocenters. The fraction of sp³-hybridized carbons (Fsp3) is 0.250. The number of halogens is 1. The first-order valence-electron chi connectivity index (χ1n) is 6.68. The summed E-state index contributed by atoms with van der Waals surface area (Å²) in [7, 11) is 0. The lowest BCUT2D eigenvalue weighted by molar-refractivity contribution is 0.923. The molecule has 0 saturated carbocycles. The number of rotatable bonds is 3. The molecule has 0 amide bonds. The van der Waals surface area contributed by atoms with Crippen molar-refractivity contribution >= 4 is 33.8 Å². The number of aromatic nitrogens is 2. The van der Waals surface area contributed by atoms with Gasteiger partial charge in [-0.2, -0.15) is 11.3 Å². The van der Waals surface area contributed by atoms with Crippen LogP contribution in [0.4, 0.5) is 0 Å². The van der Waals surface area contributed by atoms with Crippen LogP contribution in [0.1, 0.15) is 24.5 Å². The molecule has 0 aliphatic heterocycles. The zero-order valence-corrected chi connectivity index (χ0v) is 13.1. The number of hydrogen-bond acceptors (Lipinski definition) is 3. The number of nitrogens with zero attached hydrogens (tertiary/aromatic N) is 2. The van der Waals surface area contributed by atoms with E-state index < -0.39 is 0 Å².